The molecule has 2 aliphatic heterocycles. The Balaban J connectivity index is 1.67. The molecule has 0 bridgehead atoms. The molecule has 0 saturated carbocycles. The Kier molecular flexibility index (Phi) is 3.86. The summed E-state index contributed by atoms with van der Waals surface area (Å²) in [6, 6.07) is 2.10. The summed E-state index contributed by atoms with van der Waals surface area (Å²) in [4.78, 5) is 11.7. The van der Waals surface area contributed by atoms with E-state index in [1.54, 1.807) is 0 Å². The molecular weight excluding hydrogens is 224 g/mol. The van der Waals surface area contributed by atoms with Crippen LogP contribution in [-0.2, 0) is 6.54 Å². The second-order valence-corrected chi connectivity index (χ2v) is 5.41. The molecule has 3 heterocycles. The second-order valence-electron chi connectivity index (χ2n) is 5.41. The number of likely N-dealkylation sites (tertiary alicyclic amines) is 1. The molecule has 2 fully saturated rings. The standard InChI is InChI=1S/C14H22N4/c1-2-10-18(9-1)11-14-16-8-5-13(17-14)12-3-6-15-7-4-12/h5,8,12,15H,1-4,6-7,9-11H2. The van der Waals surface area contributed by atoms with Gasteiger partial charge in [-0.25, -0.2) is 9.97 Å². The largest absolute Gasteiger partial charge is 0.317 e. The molecule has 2 aliphatic rings. The first-order valence-electron chi connectivity index (χ1n) is 7.17. The van der Waals surface area contributed by atoms with Crippen molar-refractivity contribution in [3.63, 3.8) is 0 Å². The van der Waals surface area contributed by atoms with Crippen molar-refractivity contribution in [2.24, 2.45) is 0 Å². The molecule has 0 aromatic carbocycles. The Morgan fingerprint density at radius 3 is 2.78 bits per heavy atom. The fraction of sp³-hybridized carbons (Fsp3) is 0.714. The Labute approximate surface area is 109 Å². The van der Waals surface area contributed by atoms with Gasteiger partial charge in [0.05, 0.1) is 6.54 Å². The molecule has 2 saturated heterocycles. The fourth-order valence-electron chi connectivity index (χ4n) is 2.98. The minimum absolute atomic E-state index is 0.631. The molecule has 4 nitrogen and oxygen atoms in total. The molecule has 4 heteroatoms. The van der Waals surface area contributed by atoms with Crippen LogP contribution in [0.15, 0.2) is 12.3 Å². The zero-order valence-electron chi connectivity index (χ0n) is 10.9. The highest BCUT2D eigenvalue weighted by Crippen LogP contribution is 2.23. The SMILES string of the molecule is c1cc(C2CCNCC2)nc(CN2CCCC2)n1. The summed E-state index contributed by atoms with van der Waals surface area (Å²) in [6.45, 7) is 5.59. The van der Waals surface area contributed by atoms with Crippen molar-refractivity contribution < 1.29 is 0 Å². The first-order valence-corrected chi connectivity index (χ1v) is 7.17. The summed E-state index contributed by atoms with van der Waals surface area (Å²) in [7, 11) is 0. The van der Waals surface area contributed by atoms with E-state index in [0.717, 1.165) is 25.5 Å². The average Bonchev–Trinajstić information content (AvgIpc) is 2.93. The minimum atomic E-state index is 0.631. The highest BCUT2D eigenvalue weighted by molar-refractivity contribution is 5.09. The van der Waals surface area contributed by atoms with Gasteiger partial charge in [0.2, 0.25) is 0 Å². The third-order valence-corrected chi connectivity index (χ3v) is 4.05. The molecule has 0 atom stereocenters. The number of nitrogens with zero attached hydrogens (tertiary/aromatic N) is 3. The number of nitrogens with one attached hydrogen (secondary N) is 1. The van der Waals surface area contributed by atoms with Crippen molar-refractivity contribution in [3.8, 4) is 0 Å². The van der Waals surface area contributed by atoms with E-state index >= 15 is 0 Å². The number of piperidine rings is 1. The summed E-state index contributed by atoms with van der Waals surface area (Å²) in [6.07, 6.45) is 7.01. The van der Waals surface area contributed by atoms with Crippen molar-refractivity contribution in [2.45, 2.75) is 38.1 Å². The number of rotatable bonds is 3. The Bertz CT molecular complexity index is 381. The molecular formula is C14H22N4. The lowest BCUT2D eigenvalue weighted by molar-refractivity contribution is 0.321. The summed E-state index contributed by atoms with van der Waals surface area (Å²) in [5, 5.41) is 3.41. The van der Waals surface area contributed by atoms with Gasteiger partial charge in [0.15, 0.2) is 0 Å². The predicted molar refractivity (Wildman–Crippen MR) is 71.4 cm³/mol. The van der Waals surface area contributed by atoms with Crippen molar-refractivity contribution in [2.75, 3.05) is 26.2 Å². The normalized spacial score (nSPS) is 22.4. The van der Waals surface area contributed by atoms with Crippen LogP contribution in [0.4, 0.5) is 0 Å². The maximum atomic E-state index is 4.78. The number of aromatic nitrogens is 2. The Hall–Kier alpha value is -1.00. The lowest BCUT2D eigenvalue weighted by atomic mass is 9.94. The van der Waals surface area contributed by atoms with E-state index < -0.39 is 0 Å². The Morgan fingerprint density at radius 2 is 2.00 bits per heavy atom. The molecule has 0 spiro atoms. The smallest absolute Gasteiger partial charge is 0.142 e. The third kappa shape index (κ3) is 2.87. The zero-order valence-corrected chi connectivity index (χ0v) is 10.9. The van der Waals surface area contributed by atoms with Crippen LogP contribution in [0.3, 0.4) is 0 Å². The maximum absolute atomic E-state index is 4.78. The summed E-state index contributed by atoms with van der Waals surface area (Å²) in [5.41, 5.74) is 1.25. The van der Waals surface area contributed by atoms with Crippen LogP contribution in [-0.4, -0.2) is 41.0 Å². The zero-order chi connectivity index (χ0) is 12.2. The van der Waals surface area contributed by atoms with Crippen molar-refractivity contribution in [1.29, 1.82) is 0 Å². The molecule has 18 heavy (non-hydrogen) atoms. The lowest BCUT2D eigenvalue weighted by Crippen LogP contribution is -2.27. The van der Waals surface area contributed by atoms with E-state index in [9.17, 15) is 0 Å². The molecule has 3 rings (SSSR count). The van der Waals surface area contributed by atoms with Gasteiger partial charge in [0, 0.05) is 17.8 Å². The van der Waals surface area contributed by atoms with E-state index in [-0.39, 0.29) is 0 Å². The third-order valence-electron chi connectivity index (χ3n) is 4.05. The van der Waals surface area contributed by atoms with E-state index in [0.29, 0.717) is 5.92 Å². The van der Waals surface area contributed by atoms with Gasteiger partial charge < -0.3 is 5.32 Å². The molecule has 98 valence electrons. The first-order chi connectivity index (χ1) is 8.92. The topological polar surface area (TPSA) is 41.1 Å². The molecule has 1 aromatic rings. The summed E-state index contributed by atoms with van der Waals surface area (Å²) in [5.74, 6) is 1.64. The highest BCUT2D eigenvalue weighted by atomic mass is 15.2. The van der Waals surface area contributed by atoms with Crippen LogP contribution >= 0.6 is 0 Å². The molecule has 0 unspecified atom stereocenters. The van der Waals surface area contributed by atoms with E-state index in [4.69, 9.17) is 4.98 Å². The maximum Gasteiger partial charge on any atom is 0.142 e. The fourth-order valence-corrected chi connectivity index (χ4v) is 2.98. The van der Waals surface area contributed by atoms with Gasteiger partial charge in [-0.15, -0.1) is 0 Å². The molecule has 1 N–H and O–H groups in total. The van der Waals surface area contributed by atoms with Gasteiger partial charge in [-0.05, 0) is 57.9 Å². The second kappa shape index (κ2) is 5.76. The monoisotopic (exact) mass is 246 g/mol. The van der Waals surface area contributed by atoms with E-state index in [2.05, 4.69) is 21.3 Å². The van der Waals surface area contributed by atoms with Gasteiger partial charge >= 0.3 is 0 Å². The van der Waals surface area contributed by atoms with Crippen LogP contribution in [0.2, 0.25) is 0 Å². The lowest BCUT2D eigenvalue weighted by Gasteiger charge is -2.22. The predicted octanol–water partition coefficient (Wildman–Crippen LogP) is 1.54. The number of hydrogen-bond acceptors (Lipinski definition) is 4. The Morgan fingerprint density at radius 1 is 1.22 bits per heavy atom. The summed E-state index contributed by atoms with van der Waals surface area (Å²) < 4.78 is 0. The van der Waals surface area contributed by atoms with Crippen LogP contribution < -0.4 is 5.32 Å². The van der Waals surface area contributed by atoms with Crippen molar-refractivity contribution in [1.82, 2.24) is 20.2 Å². The molecule has 0 amide bonds. The van der Waals surface area contributed by atoms with Crippen LogP contribution in [0.25, 0.3) is 0 Å². The van der Waals surface area contributed by atoms with Gasteiger partial charge in [0.1, 0.15) is 5.82 Å². The van der Waals surface area contributed by atoms with Crippen molar-refractivity contribution >= 4 is 0 Å². The number of hydrogen-bond donors (Lipinski definition) is 1. The highest BCUT2D eigenvalue weighted by Gasteiger charge is 2.18. The van der Waals surface area contributed by atoms with Gasteiger partial charge in [-0.3, -0.25) is 4.90 Å². The summed E-state index contributed by atoms with van der Waals surface area (Å²) >= 11 is 0. The van der Waals surface area contributed by atoms with Crippen LogP contribution in [0.5, 0.6) is 0 Å². The van der Waals surface area contributed by atoms with Gasteiger partial charge in [-0.1, -0.05) is 0 Å². The van der Waals surface area contributed by atoms with E-state index in [1.807, 2.05) is 6.20 Å². The molecule has 1 aromatic heterocycles. The minimum Gasteiger partial charge on any atom is -0.317 e. The van der Waals surface area contributed by atoms with Gasteiger partial charge in [-0.2, -0.15) is 0 Å². The van der Waals surface area contributed by atoms with E-state index in [1.165, 1.54) is 44.5 Å². The molecule has 0 radical (unpaired) electrons. The molecule has 0 aliphatic carbocycles. The van der Waals surface area contributed by atoms with Gasteiger partial charge in [0.25, 0.3) is 0 Å². The quantitative estimate of drug-likeness (QED) is 0.878. The van der Waals surface area contributed by atoms with Crippen LogP contribution in [0.1, 0.15) is 43.1 Å². The average molecular weight is 246 g/mol. The van der Waals surface area contributed by atoms with Crippen molar-refractivity contribution in [3.05, 3.63) is 23.8 Å². The van der Waals surface area contributed by atoms with Crippen LogP contribution in [0, 0.1) is 0 Å². The first kappa shape index (κ1) is 12.1.